The molecule has 0 aromatic heterocycles. The van der Waals surface area contributed by atoms with Gasteiger partial charge in [0.15, 0.2) is 0 Å². The number of carboxylic acids is 1. The van der Waals surface area contributed by atoms with Gasteiger partial charge in [-0.2, -0.15) is 0 Å². The van der Waals surface area contributed by atoms with E-state index in [0.29, 0.717) is 25.7 Å². The molecule has 0 aromatic rings. The number of alkyl halides is 2. The first-order valence-corrected chi connectivity index (χ1v) is 5.67. The zero-order valence-electron chi connectivity index (χ0n) is 9.73. The van der Waals surface area contributed by atoms with Gasteiger partial charge in [0.05, 0.1) is 12.5 Å². The fourth-order valence-corrected chi connectivity index (χ4v) is 2.20. The number of carbonyl (C=O) groups is 2. The molecule has 0 spiro atoms. The molecule has 0 aliphatic heterocycles. The van der Waals surface area contributed by atoms with Crippen LogP contribution in [0.3, 0.4) is 0 Å². The van der Waals surface area contributed by atoms with Gasteiger partial charge in [0.1, 0.15) is 0 Å². The summed E-state index contributed by atoms with van der Waals surface area (Å²) in [4.78, 5) is 23.5. The molecule has 0 aromatic carbocycles. The molecule has 98 valence electrons. The summed E-state index contributed by atoms with van der Waals surface area (Å²) in [5.74, 6) is -1.82. The van der Waals surface area contributed by atoms with E-state index in [2.05, 4.69) is 0 Å². The lowest BCUT2D eigenvalue weighted by Crippen LogP contribution is -2.38. The zero-order valence-corrected chi connectivity index (χ0v) is 9.73. The minimum absolute atomic E-state index is 0.297. The van der Waals surface area contributed by atoms with Gasteiger partial charge >= 0.3 is 5.97 Å². The number of carboxylic acid groups (broad SMARTS) is 1. The van der Waals surface area contributed by atoms with Crippen molar-refractivity contribution in [3.05, 3.63) is 0 Å². The van der Waals surface area contributed by atoms with Gasteiger partial charge in [-0.1, -0.05) is 0 Å². The summed E-state index contributed by atoms with van der Waals surface area (Å²) in [6.07, 6.45) is -0.672. The molecule has 0 atom stereocenters. The fraction of sp³-hybridized carbons (Fsp3) is 0.818. The fourth-order valence-electron chi connectivity index (χ4n) is 2.20. The van der Waals surface area contributed by atoms with E-state index in [-0.39, 0.29) is 17.7 Å². The first-order valence-electron chi connectivity index (χ1n) is 5.67. The lowest BCUT2D eigenvalue weighted by molar-refractivity contribution is -0.145. The maximum absolute atomic E-state index is 12.1. The molecular weight excluding hydrogens is 232 g/mol. The van der Waals surface area contributed by atoms with Crippen LogP contribution in [0.25, 0.3) is 0 Å². The summed E-state index contributed by atoms with van der Waals surface area (Å²) in [6, 6.07) is 0. The maximum atomic E-state index is 12.1. The molecule has 6 heteroatoms. The number of nitrogens with zero attached hydrogens (tertiary/aromatic N) is 1. The number of carbonyl (C=O) groups excluding carboxylic acids is 1. The zero-order chi connectivity index (χ0) is 13.0. The Morgan fingerprint density at radius 2 is 1.71 bits per heavy atom. The Hall–Kier alpha value is -1.20. The second kappa shape index (κ2) is 5.93. The lowest BCUT2D eigenvalue weighted by atomic mass is 9.81. The minimum atomic E-state index is -2.53. The van der Waals surface area contributed by atoms with Crippen molar-refractivity contribution in [2.45, 2.75) is 32.1 Å². The maximum Gasteiger partial charge on any atom is 0.306 e. The largest absolute Gasteiger partial charge is 0.481 e. The van der Waals surface area contributed by atoms with Crippen LogP contribution in [0, 0.1) is 11.8 Å². The smallest absolute Gasteiger partial charge is 0.306 e. The van der Waals surface area contributed by atoms with Gasteiger partial charge in [-0.3, -0.25) is 9.59 Å². The molecule has 0 heterocycles. The topological polar surface area (TPSA) is 57.6 Å². The van der Waals surface area contributed by atoms with Crippen molar-refractivity contribution in [3.8, 4) is 0 Å². The van der Waals surface area contributed by atoms with E-state index in [1.54, 1.807) is 0 Å². The third kappa shape index (κ3) is 3.94. The van der Waals surface area contributed by atoms with Crippen LogP contribution in [0.1, 0.15) is 25.7 Å². The number of halogens is 2. The molecule has 1 aliphatic rings. The second-order valence-corrected chi connectivity index (χ2v) is 4.50. The molecule has 1 aliphatic carbocycles. The van der Waals surface area contributed by atoms with Gasteiger partial charge in [0, 0.05) is 13.0 Å². The first-order chi connectivity index (χ1) is 7.91. The predicted molar refractivity (Wildman–Crippen MR) is 56.7 cm³/mol. The Kier molecular flexibility index (Phi) is 4.84. The first kappa shape index (κ1) is 13.9. The van der Waals surface area contributed by atoms with Crippen molar-refractivity contribution in [2.75, 3.05) is 13.6 Å². The molecule has 4 nitrogen and oxygen atoms in total. The Balaban J connectivity index is 2.43. The highest BCUT2D eigenvalue weighted by atomic mass is 19.3. The molecule has 0 unspecified atom stereocenters. The van der Waals surface area contributed by atoms with Crippen molar-refractivity contribution >= 4 is 11.9 Å². The SMILES string of the molecule is CN(CC(F)F)C(=O)C1CCC(C(=O)O)CC1. The van der Waals surface area contributed by atoms with E-state index < -0.39 is 18.9 Å². The van der Waals surface area contributed by atoms with Crippen molar-refractivity contribution in [1.82, 2.24) is 4.90 Å². The van der Waals surface area contributed by atoms with Gasteiger partial charge in [-0.25, -0.2) is 8.78 Å². The van der Waals surface area contributed by atoms with E-state index in [9.17, 15) is 18.4 Å². The van der Waals surface area contributed by atoms with Crippen molar-refractivity contribution in [3.63, 3.8) is 0 Å². The summed E-state index contributed by atoms with van der Waals surface area (Å²) in [6.45, 7) is -0.558. The normalized spacial score (nSPS) is 24.7. The van der Waals surface area contributed by atoms with E-state index >= 15 is 0 Å². The van der Waals surface area contributed by atoms with Gasteiger partial charge in [-0.15, -0.1) is 0 Å². The van der Waals surface area contributed by atoms with Crippen molar-refractivity contribution in [2.24, 2.45) is 11.8 Å². The molecule has 1 saturated carbocycles. The summed E-state index contributed by atoms with van der Waals surface area (Å²) >= 11 is 0. The highest BCUT2D eigenvalue weighted by Crippen LogP contribution is 2.30. The van der Waals surface area contributed by atoms with Gasteiger partial charge in [0.25, 0.3) is 6.43 Å². The van der Waals surface area contributed by atoms with Crippen molar-refractivity contribution in [1.29, 1.82) is 0 Å². The minimum Gasteiger partial charge on any atom is -0.481 e. The molecular formula is C11H17F2NO3. The number of aliphatic carboxylic acids is 1. The monoisotopic (exact) mass is 249 g/mol. The number of rotatable bonds is 4. The van der Waals surface area contributed by atoms with Crippen molar-refractivity contribution < 1.29 is 23.5 Å². The molecule has 1 rings (SSSR count). The van der Waals surface area contributed by atoms with Gasteiger partial charge < -0.3 is 10.0 Å². The lowest BCUT2D eigenvalue weighted by Gasteiger charge is -2.28. The Labute approximate surface area is 98.6 Å². The van der Waals surface area contributed by atoms with Crippen LogP contribution in [0.4, 0.5) is 8.78 Å². The molecule has 0 radical (unpaired) electrons. The van der Waals surface area contributed by atoms with Crippen LogP contribution in [-0.2, 0) is 9.59 Å². The van der Waals surface area contributed by atoms with Gasteiger partial charge in [-0.05, 0) is 25.7 Å². The number of amides is 1. The summed E-state index contributed by atoms with van der Waals surface area (Å²) in [5.41, 5.74) is 0. The summed E-state index contributed by atoms with van der Waals surface area (Å²) in [5, 5.41) is 8.80. The van der Waals surface area contributed by atoms with Crippen LogP contribution < -0.4 is 0 Å². The highest BCUT2D eigenvalue weighted by molar-refractivity contribution is 5.79. The Morgan fingerprint density at radius 3 is 2.12 bits per heavy atom. The average Bonchev–Trinajstić information content (AvgIpc) is 2.27. The molecule has 1 fully saturated rings. The second-order valence-electron chi connectivity index (χ2n) is 4.50. The molecule has 1 N–H and O–H groups in total. The molecule has 1 amide bonds. The third-order valence-corrected chi connectivity index (χ3v) is 3.21. The molecule has 0 saturated heterocycles. The number of hydrogen-bond acceptors (Lipinski definition) is 2. The predicted octanol–water partition coefficient (Wildman–Crippen LogP) is 1.60. The van der Waals surface area contributed by atoms with E-state index in [1.807, 2.05) is 0 Å². The van der Waals surface area contributed by atoms with E-state index in [0.717, 1.165) is 4.90 Å². The summed E-state index contributed by atoms with van der Waals surface area (Å²) < 4.78 is 24.2. The summed E-state index contributed by atoms with van der Waals surface area (Å²) in [7, 11) is 1.36. The standard InChI is InChI=1S/C11H17F2NO3/c1-14(6-9(12)13)10(15)7-2-4-8(5-3-7)11(16)17/h7-9H,2-6H2,1H3,(H,16,17). The van der Waals surface area contributed by atoms with E-state index in [1.165, 1.54) is 7.05 Å². The highest BCUT2D eigenvalue weighted by Gasteiger charge is 2.31. The Morgan fingerprint density at radius 1 is 1.24 bits per heavy atom. The quantitative estimate of drug-likeness (QED) is 0.823. The van der Waals surface area contributed by atoms with Crippen LogP contribution in [0.15, 0.2) is 0 Å². The number of hydrogen-bond donors (Lipinski definition) is 1. The van der Waals surface area contributed by atoms with Gasteiger partial charge in [0.2, 0.25) is 5.91 Å². The Bertz CT molecular complexity index is 288. The average molecular weight is 249 g/mol. The molecule has 17 heavy (non-hydrogen) atoms. The molecule has 0 bridgehead atoms. The third-order valence-electron chi connectivity index (χ3n) is 3.21. The van der Waals surface area contributed by atoms with Crippen LogP contribution in [0.2, 0.25) is 0 Å². The van der Waals surface area contributed by atoms with Crippen LogP contribution >= 0.6 is 0 Å². The van der Waals surface area contributed by atoms with Crippen LogP contribution in [0.5, 0.6) is 0 Å². The van der Waals surface area contributed by atoms with E-state index in [4.69, 9.17) is 5.11 Å². The van der Waals surface area contributed by atoms with Crippen LogP contribution in [-0.4, -0.2) is 41.9 Å².